The summed E-state index contributed by atoms with van der Waals surface area (Å²) in [5.41, 5.74) is 3.14. The summed E-state index contributed by atoms with van der Waals surface area (Å²) in [6.45, 7) is 2.17. The summed E-state index contributed by atoms with van der Waals surface area (Å²) in [5.74, 6) is -0.628. The molecule has 2 aliphatic heterocycles. The summed E-state index contributed by atoms with van der Waals surface area (Å²) in [4.78, 5) is 13.7. The number of anilines is 1. The Kier molecular flexibility index (Phi) is 6.13. The number of cyclic esters (lactones) is 1. The van der Waals surface area contributed by atoms with Gasteiger partial charge in [-0.2, -0.15) is 0 Å². The minimum absolute atomic E-state index is 0.215. The van der Waals surface area contributed by atoms with Crippen LogP contribution in [-0.4, -0.2) is 45.7 Å². The van der Waals surface area contributed by atoms with Crippen LogP contribution in [0, 0.1) is 0 Å². The van der Waals surface area contributed by atoms with Gasteiger partial charge in [0.2, 0.25) is 0 Å². The van der Waals surface area contributed by atoms with Gasteiger partial charge in [0, 0.05) is 24.8 Å². The first-order valence-corrected chi connectivity index (χ1v) is 10.1. The van der Waals surface area contributed by atoms with Gasteiger partial charge in [-0.05, 0) is 30.5 Å². The highest BCUT2D eigenvalue weighted by atomic mass is 16.7. The van der Waals surface area contributed by atoms with Crippen LogP contribution in [0.15, 0.2) is 54.6 Å². The molecule has 1 unspecified atom stereocenters. The quantitative estimate of drug-likeness (QED) is 0.677. The molecule has 6 heteroatoms. The average molecular weight is 397 g/mol. The zero-order valence-electron chi connectivity index (χ0n) is 16.7. The van der Waals surface area contributed by atoms with Gasteiger partial charge in [-0.15, -0.1) is 0 Å². The molecule has 2 saturated heterocycles. The van der Waals surface area contributed by atoms with Crippen molar-refractivity contribution in [1.82, 2.24) is 0 Å². The molecule has 1 amide bonds. The Morgan fingerprint density at radius 2 is 1.79 bits per heavy atom. The molecule has 4 rings (SSSR count). The maximum Gasteiger partial charge on any atom is 0.414 e. The third-order valence-corrected chi connectivity index (χ3v) is 5.41. The molecule has 0 spiro atoms. The van der Waals surface area contributed by atoms with Crippen LogP contribution in [0.25, 0.3) is 0 Å². The lowest BCUT2D eigenvalue weighted by molar-refractivity contribution is -0.171. The van der Waals surface area contributed by atoms with Gasteiger partial charge >= 0.3 is 6.09 Å². The molecule has 29 heavy (non-hydrogen) atoms. The van der Waals surface area contributed by atoms with E-state index in [0.717, 1.165) is 30.5 Å². The Balaban J connectivity index is 1.34. The van der Waals surface area contributed by atoms with Crippen molar-refractivity contribution in [1.29, 1.82) is 0 Å². The van der Waals surface area contributed by atoms with E-state index in [4.69, 9.17) is 18.9 Å². The number of ether oxygens (including phenoxy) is 4. The van der Waals surface area contributed by atoms with E-state index < -0.39 is 5.79 Å². The van der Waals surface area contributed by atoms with E-state index in [2.05, 4.69) is 24.3 Å². The lowest BCUT2D eigenvalue weighted by Gasteiger charge is -2.28. The second kappa shape index (κ2) is 8.95. The maximum atomic E-state index is 12.1. The molecular weight excluding hydrogens is 370 g/mol. The number of methoxy groups -OCH3 is 1. The third-order valence-electron chi connectivity index (χ3n) is 5.41. The van der Waals surface area contributed by atoms with E-state index in [1.165, 1.54) is 5.56 Å². The fraction of sp³-hybridized carbons (Fsp3) is 0.435. The van der Waals surface area contributed by atoms with Crippen LogP contribution >= 0.6 is 0 Å². The first-order valence-electron chi connectivity index (χ1n) is 10.1. The number of carbonyl (C=O) groups is 1. The first-order chi connectivity index (χ1) is 14.2. The minimum atomic E-state index is -0.628. The van der Waals surface area contributed by atoms with Crippen LogP contribution < -0.4 is 4.90 Å². The summed E-state index contributed by atoms with van der Waals surface area (Å²) in [6, 6.07) is 18.2. The highest BCUT2D eigenvalue weighted by Gasteiger charge is 2.37. The fourth-order valence-corrected chi connectivity index (χ4v) is 3.98. The van der Waals surface area contributed by atoms with E-state index >= 15 is 0 Å². The molecule has 0 radical (unpaired) electrons. The zero-order chi connectivity index (χ0) is 20.1. The normalized spacial score (nSPS) is 20.8. The number of aryl methyl sites for hydroxylation is 1. The van der Waals surface area contributed by atoms with E-state index in [0.29, 0.717) is 26.4 Å². The Morgan fingerprint density at radius 3 is 2.48 bits per heavy atom. The summed E-state index contributed by atoms with van der Waals surface area (Å²) in [6.07, 6.45) is 2.12. The van der Waals surface area contributed by atoms with Gasteiger partial charge in [0.25, 0.3) is 0 Å². The Morgan fingerprint density at radius 1 is 1.07 bits per heavy atom. The van der Waals surface area contributed by atoms with Crippen molar-refractivity contribution in [3.05, 3.63) is 65.7 Å². The summed E-state index contributed by atoms with van der Waals surface area (Å²) >= 11 is 0. The standard InChI is InChI=1S/C23H27NO5/c1-26-17-21-16-24(22(25)29-21)20-11-9-18(10-12-20)6-5-13-23(27-14-15-28-23)19-7-3-2-4-8-19/h2-4,7-12,21H,5-6,13-17H2,1H3. The third kappa shape index (κ3) is 4.45. The maximum absolute atomic E-state index is 12.1. The van der Waals surface area contributed by atoms with Crippen LogP contribution in [0.4, 0.5) is 10.5 Å². The molecule has 0 aromatic heterocycles. The van der Waals surface area contributed by atoms with Gasteiger partial charge in [0.05, 0.1) is 26.4 Å². The van der Waals surface area contributed by atoms with Crippen LogP contribution in [0.5, 0.6) is 0 Å². The van der Waals surface area contributed by atoms with Gasteiger partial charge in [0.1, 0.15) is 6.10 Å². The SMILES string of the molecule is COCC1CN(c2ccc(CCCC3(c4ccccc4)OCCO3)cc2)C(=O)O1. The zero-order valence-corrected chi connectivity index (χ0v) is 16.7. The van der Waals surface area contributed by atoms with Crippen molar-refractivity contribution >= 4 is 11.8 Å². The number of amides is 1. The number of nitrogens with zero attached hydrogens (tertiary/aromatic N) is 1. The van der Waals surface area contributed by atoms with Gasteiger partial charge in [-0.1, -0.05) is 42.5 Å². The van der Waals surface area contributed by atoms with Crippen LogP contribution in [0.1, 0.15) is 24.0 Å². The molecule has 1 atom stereocenters. The molecule has 2 heterocycles. The highest BCUT2D eigenvalue weighted by Crippen LogP contribution is 2.36. The second-order valence-electron chi connectivity index (χ2n) is 7.41. The number of hydrogen-bond donors (Lipinski definition) is 0. The summed E-state index contributed by atoms with van der Waals surface area (Å²) < 4.78 is 22.4. The van der Waals surface area contributed by atoms with Crippen molar-refractivity contribution in [3.8, 4) is 0 Å². The van der Waals surface area contributed by atoms with Gasteiger partial charge in [-0.3, -0.25) is 4.90 Å². The van der Waals surface area contributed by atoms with Gasteiger partial charge in [-0.25, -0.2) is 4.79 Å². The minimum Gasteiger partial charge on any atom is -0.441 e. The van der Waals surface area contributed by atoms with Crippen molar-refractivity contribution in [2.75, 3.05) is 38.4 Å². The van der Waals surface area contributed by atoms with Crippen LogP contribution in [0.2, 0.25) is 0 Å². The molecule has 0 N–H and O–H groups in total. The van der Waals surface area contributed by atoms with Crippen LogP contribution in [-0.2, 0) is 31.2 Å². The topological polar surface area (TPSA) is 57.2 Å². The van der Waals surface area contributed by atoms with E-state index in [9.17, 15) is 4.79 Å². The smallest absolute Gasteiger partial charge is 0.414 e. The van der Waals surface area contributed by atoms with Gasteiger partial charge in [0.15, 0.2) is 5.79 Å². The number of benzene rings is 2. The molecule has 2 aromatic carbocycles. The van der Waals surface area contributed by atoms with Crippen LogP contribution in [0.3, 0.4) is 0 Å². The molecule has 154 valence electrons. The van der Waals surface area contributed by atoms with Gasteiger partial charge < -0.3 is 18.9 Å². The lowest BCUT2D eigenvalue weighted by Crippen LogP contribution is -2.27. The molecule has 0 bridgehead atoms. The van der Waals surface area contributed by atoms with Crippen molar-refractivity contribution in [2.24, 2.45) is 0 Å². The van der Waals surface area contributed by atoms with Crippen molar-refractivity contribution < 1.29 is 23.7 Å². The fourth-order valence-electron chi connectivity index (χ4n) is 3.98. The Labute approximate surface area is 171 Å². The monoisotopic (exact) mass is 397 g/mol. The first kappa shape index (κ1) is 19.9. The largest absolute Gasteiger partial charge is 0.441 e. The molecule has 0 aliphatic carbocycles. The molecule has 2 aliphatic rings. The van der Waals surface area contributed by atoms with Crippen molar-refractivity contribution in [2.45, 2.75) is 31.2 Å². The number of rotatable bonds is 8. The average Bonchev–Trinajstić information content (AvgIpc) is 3.37. The molecule has 0 saturated carbocycles. The molecule has 6 nitrogen and oxygen atoms in total. The number of hydrogen-bond acceptors (Lipinski definition) is 5. The van der Waals surface area contributed by atoms with E-state index in [-0.39, 0.29) is 12.2 Å². The Bertz CT molecular complexity index is 802. The predicted molar refractivity (Wildman–Crippen MR) is 109 cm³/mol. The molecule has 2 aromatic rings. The molecular formula is C23H27NO5. The van der Waals surface area contributed by atoms with E-state index in [1.807, 2.05) is 30.3 Å². The summed E-state index contributed by atoms with van der Waals surface area (Å²) in [5, 5.41) is 0. The second-order valence-corrected chi connectivity index (χ2v) is 7.41. The predicted octanol–water partition coefficient (Wildman–Crippen LogP) is 3.88. The molecule has 2 fully saturated rings. The Hall–Kier alpha value is -2.41. The van der Waals surface area contributed by atoms with E-state index in [1.54, 1.807) is 12.0 Å². The lowest BCUT2D eigenvalue weighted by atomic mass is 9.97. The number of carbonyl (C=O) groups excluding carboxylic acids is 1. The highest BCUT2D eigenvalue weighted by molar-refractivity contribution is 5.89. The van der Waals surface area contributed by atoms with Crippen molar-refractivity contribution in [3.63, 3.8) is 0 Å². The summed E-state index contributed by atoms with van der Waals surface area (Å²) in [7, 11) is 1.61.